The molecule has 0 bridgehead atoms. The predicted octanol–water partition coefficient (Wildman–Crippen LogP) is 3.68. The van der Waals surface area contributed by atoms with Crippen LogP contribution < -0.4 is 15.4 Å². The molecule has 4 rings (SSSR count). The predicted molar refractivity (Wildman–Crippen MR) is 130 cm³/mol. The molecule has 0 spiro atoms. The molecule has 1 atom stereocenters. The third-order valence-corrected chi connectivity index (χ3v) is 5.69. The van der Waals surface area contributed by atoms with Gasteiger partial charge in [0, 0.05) is 36.7 Å². The molecule has 0 saturated heterocycles. The summed E-state index contributed by atoms with van der Waals surface area (Å²) in [7, 11) is 0. The molecule has 198 valence electrons. The van der Waals surface area contributed by atoms with Crippen molar-refractivity contribution in [2.75, 3.05) is 11.9 Å². The number of nitrogens with zero attached hydrogens (tertiary/aromatic N) is 3. The van der Waals surface area contributed by atoms with Crippen LogP contribution in [0.2, 0.25) is 0 Å². The smallest absolute Gasteiger partial charge is 0.353 e. The molecule has 1 amide bonds. The van der Waals surface area contributed by atoms with E-state index < -0.39 is 29.5 Å². The number of benzene rings is 1. The zero-order valence-corrected chi connectivity index (χ0v) is 20.8. The van der Waals surface area contributed by atoms with Crippen molar-refractivity contribution in [3.05, 3.63) is 41.6 Å². The molecular weight excluding hydrogens is 491 g/mol. The number of aromatic nitrogens is 3. The minimum absolute atomic E-state index is 0.0604. The summed E-state index contributed by atoms with van der Waals surface area (Å²) in [5.41, 5.74) is 1.71. The van der Waals surface area contributed by atoms with Gasteiger partial charge in [0.15, 0.2) is 5.65 Å². The molecule has 9 nitrogen and oxygen atoms in total. The molecule has 2 aromatic heterocycles. The molecule has 1 aliphatic rings. The number of aryl methyl sites for hydroxylation is 1. The van der Waals surface area contributed by atoms with E-state index in [1.807, 2.05) is 0 Å². The van der Waals surface area contributed by atoms with Gasteiger partial charge < -0.3 is 20.5 Å². The molecule has 1 fully saturated rings. The van der Waals surface area contributed by atoms with Crippen LogP contribution in [-0.4, -0.2) is 61.9 Å². The maximum atomic E-state index is 13.9. The highest BCUT2D eigenvalue weighted by Gasteiger charge is 2.42. The standard InChI is InChI=1S/C25H28F3N5O4/c1-13-9-14(5-8-16(13)22(34)31-15-6-7-15)18-11-29-21-17(30-12-24(2,3)36)10-19(32-33(18)21)37-23(35)20(26)25(4,27)28/h5,8-11,15,20,30,36H,6-7,12H2,1-4H3,(H,31,34). The Morgan fingerprint density at radius 3 is 2.54 bits per heavy atom. The fraction of sp³-hybridized carbons (Fsp3) is 0.440. The van der Waals surface area contributed by atoms with E-state index in [-0.39, 0.29) is 36.8 Å². The molecule has 1 aliphatic carbocycles. The number of anilines is 1. The lowest BCUT2D eigenvalue weighted by atomic mass is 10.0. The van der Waals surface area contributed by atoms with Gasteiger partial charge in [-0.05, 0) is 51.3 Å². The van der Waals surface area contributed by atoms with Gasteiger partial charge in [0.2, 0.25) is 5.88 Å². The molecule has 1 unspecified atom stereocenters. The van der Waals surface area contributed by atoms with Crippen molar-refractivity contribution < 1.29 is 32.6 Å². The van der Waals surface area contributed by atoms with Crippen LogP contribution in [-0.2, 0) is 4.79 Å². The first-order valence-corrected chi connectivity index (χ1v) is 11.7. The molecule has 1 saturated carbocycles. The molecule has 3 aromatic rings. The number of alkyl halides is 3. The van der Waals surface area contributed by atoms with Crippen molar-refractivity contribution in [1.29, 1.82) is 0 Å². The number of nitrogens with one attached hydrogen (secondary N) is 2. The Labute approximate surface area is 211 Å². The third kappa shape index (κ3) is 6.19. The Balaban J connectivity index is 1.72. The highest BCUT2D eigenvalue weighted by Crippen LogP contribution is 2.30. The first kappa shape index (κ1) is 26.4. The van der Waals surface area contributed by atoms with Crippen LogP contribution in [0.5, 0.6) is 5.88 Å². The fourth-order valence-corrected chi connectivity index (χ4v) is 3.56. The lowest BCUT2D eigenvalue weighted by Crippen LogP contribution is -2.36. The van der Waals surface area contributed by atoms with E-state index in [0.29, 0.717) is 22.4 Å². The third-order valence-electron chi connectivity index (χ3n) is 5.69. The van der Waals surface area contributed by atoms with Gasteiger partial charge in [-0.2, -0.15) is 0 Å². The number of hydrogen-bond donors (Lipinski definition) is 3. The number of imidazole rings is 1. The minimum Gasteiger partial charge on any atom is -0.403 e. The molecule has 12 heteroatoms. The van der Waals surface area contributed by atoms with Crippen molar-refractivity contribution >= 4 is 23.2 Å². The average molecular weight is 520 g/mol. The van der Waals surface area contributed by atoms with Crippen molar-refractivity contribution in [1.82, 2.24) is 19.9 Å². The lowest BCUT2D eigenvalue weighted by Gasteiger charge is -2.19. The number of carbonyl (C=O) groups excluding carboxylic acids is 2. The van der Waals surface area contributed by atoms with Crippen molar-refractivity contribution in [2.24, 2.45) is 0 Å². The first-order chi connectivity index (χ1) is 17.2. The summed E-state index contributed by atoms with van der Waals surface area (Å²) in [4.78, 5) is 28.9. The second-order valence-corrected chi connectivity index (χ2v) is 9.96. The molecule has 0 radical (unpaired) electrons. The van der Waals surface area contributed by atoms with Crippen LogP contribution in [0.1, 0.15) is 49.5 Å². The Kier molecular flexibility index (Phi) is 6.89. The summed E-state index contributed by atoms with van der Waals surface area (Å²) in [6.07, 6.45) is 0.246. The molecule has 1 aromatic carbocycles. The number of rotatable bonds is 9. The Morgan fingerprint density at radius 1 is 1.24 bits per heavy atom. The summed E-state index contributed by atoms with van der Waals surface area (Å²) in [5.74, 6) is -6.34. The van der Waals surface area contributed by atoms with Crippen LogP contribution >= 0.6 is 0 Å². The number of carbonyl (C=O) groups is 2. The van der Waals surface area contributed by atoms with E-state index in [0.717, 1.165) is 12.8 Å². The lowest BCUT2D eigenvalue weighted by molar-refractivity contribution is -0.154. The number of esters is 1. The minimum atomic E-state index is -3.94. The van der Waals surface area contributed by atoms with Gasteiger partial charge >= 0.3 is 5.97 Å². The number of halogens is 3. The van der Waals surface area contributed by atoms with E-state index in [1.54, 1.807) is 39.0 Å². The quantitative estimate of drug-likeness (QED) is 0.369. The Bertz CT molecular complexity index is 1340. The van der Waals surface area contributed by atoms with Crippen molar-refractivity contribution in [3.8, 4) is 17.1 Å². The van der Waals surface area contributed by atoms with Gasteiger partial charge in [0.25, 0.3) is 18.0 Å². The summed E-state index contributed by atoms with van der Waals surface area (Å²) in [5, 5.41) is 20.2. The monoisotopic (exact) mass is 519 g/mol. The maximum absolute atomic E-state index is 13.9. The van der Waals surface area contributed by atoms with Crippen LogP contribution in [0, 0.1) is 6.92 Å². The van der Waals surface area contributed by atoms with Gasteiger partial charge in [-0.3, -0.25) is 4.79 Å². The van der Waals surface area contributed by atoms with Gasteiger partial charge in [0.05, 0.1) is 23.2 Å². The Morgan fingerprint density at radius 2 is 1.95 bits per heavy atom. The number of fused-ring (bicyclic) bond motifs is 1. The van der Waals surface area contributed by atoms with Crippen LogP contribution in [0.15, 0.2) is 30.5 Å². The molecule has 3 N–H and O–H groups in total. The molecule has 0 aliphatic heterocycles. The largest absolute Gasteiger partial charge is 0.403 e. The van der Waals surface area contributed by atoms with Crippen molar-refractivity contribution in [2.45, 2.75) is 64.3 Å². The van der Waals surface area contributed by atoms with E-state index in [4.69, 9.17) is 4.74 Å². The number of amides is 1. The summed E-state index contributed by atoms with van der Waals surface area (Å²) < 4.78 is 46.7. The highest BCUT2D eigenvalue weighted by molar-refractivity contribution is 5.96. The second kappa shape index (κ2) is 9.66. The van der Waals surface area contributed by atoms with Gasteiger partial charge in [0.1, 0.15) is 0 Å². The van der Waals surface area contributed by atoms with Crippen molar-refractivity contribution in [3.63, 3.8) is 0 Å². The summed E-state index contributed by atoms with van der Waals surface area (Å²) in [6.45, 7) is 5.26. The van der Waals surface area contributed by atoms with E-state index in [9.17, 15) is 27.9 Å². The van der Waals surface area contributed by atoms with E-state index >= 15 is 0 Å². The SMILES string of the molecule is Cc1cc(-c2cnc3c(NCC(C)(C)O)cc(OC(=O)C(F)C(C)(F)F)nn23)ccc1C(=O)NC1CC1. The van der Waals surface area contributed by atoms with Gasteiger partial charge in [-0.15, -0.1) is 5.10 Å². The second-order valence-electron chi connectivity index (χ2n) is 9.96. The molecular formula is C25H28F3N5O4. The zero-order chi connectivity index (χ0) is 27.1. The first-order valence-electron chi connectivity index (χ1n) is 11.7. The van der Waals surface area contributed by atoms with Crippen LogP contribution in [0.4, 0.5) is 18.9 Å². The van der Waals surface area contributed by atoms with Crippen LogP contribution in [0.25, 0.3) is 16.9 Å². The van der Waals surface area contributed by atoms with Gasteiger partial charge in [-0.25, -0.2) is 27.5 Å². The number of hydrogen-bond acceptors (Lipinski definition) is 7. The van der Waals surface area contributed by atoms with E-state index in [2.05, 4.69) is 20.7 Å². The molecule has 37 heavy (non-hydrogen) atoms. The zero-order valence-electron chi connectivity index (χ0n) is 20.8. The van der Waals surface area contributed by atoms with Crippen LogP contribution in [0.3, 0.4) is 0 Å². The highest BCUT2D eigenvalue weighted by atomic mass is 19.3. The topological polar surface area (TPSA) is 118 Å². The Hall–Kier alpha value is -3.67. The maximum Gasteiger partial charge on any atom is 0.353 e. The normalized spacial score (nSPS) is 14.9. The van der Waals surface area contributed by atoms with Gasteiger partial charge in [-0.1, -0.05) is 6.07 Å². The summed E-state index contributed by atoms with van der Waals surface area (Å²) >= 11 is 0. The number of aliphatic hydroxyl groups is 1. The molecule has 2 heterocycles. The fourth-order valence-electron chi connectivity index (χ4n) is 3.56. The van der Waals surface area contributed by atoms with E-state index in [1.165, 1.54) is 16.8 Å². The average Bonchev–Trinajstić information content (AvgIpc) is 3.50. The summed E-state index contributed by atoms with van der Waals surface area (Å²) in [6, 6.07) is 6.58. The number of ether oxygens (including phenoxy) is 1.